The fraction of sp³-hybridized carbons (Fsp3) is 0.538. The molecule has 21 heavy (non-hydrogen) atoms. The molecule has 2 rings (SSSR count). The summed E-state index contributed by atoms with van der Waals surface area (Å²) in [4.78, 5) is 25.8. The van der Waals surface area contributed by atoms with Crippen LogP contribution in [-0.2, 0) is 9.53 Å². The van der Waals surface area contributed by atoms with Crippen molar-refractivity contribution in [1.29, 1.82) is 0 Å². The van der Waals surface area contributed by atoms with Crippen molar-refractivity contribution >= 4 is 17.7 Å². The lowest BCUT2D eigenvalue weighted by atomic mass is 10.2. The van der Waals surface area contributed by atoms with Crippen LogP contribution < -0.4 is 4.90 Å². The minimum Gasteiger partial charge on any atom is -0.481 e. The summed E-state index contributed by atoms with van der Waals surface area (Å²) in [5, 5.41) is 16.8. The largest absolute Gasteiger partial charge is 0.481 e. The summed E-state index contributed by atoms with van der Waals surface area (Å²) in [5.74, 6) is -0.483. The maximum Gasteiger partial charge on any atom is 0.306 e. The second-order valence-corrected chi connectivity index (χ2v) is 5.01. The van der Waals surface area contributed by atoms with E-state index in [1.54, 1.807) is 26.2 Å². The third-order valence-electron chi connectivity index (χ3n) is 3.14. The van der Waals surface area contributed by atoms with Crippen LogP contribution in [0.1, 0.15) is 16.9 Å². The normalized spacial score (nSPS) is 18.4. The van der Waals surface area contributed by atoms with Gasteiger partial charge in [0.2, 0.25) is 0 Å². The van der Waals surface area contributed by atoms with Crippen molar-refractivity contribution < 1.29 is 19.4 Å². The Hall–Kier alpha value is -2.22. The lowest BCUT2D eigenvalue weighted by Gasteiger charge is -2.32. The van der Waals surface area contributed by atoms with Gasteiger partial charge in [-0.15, -0.1) is 10.2 Å². The number of aromatic nitrogens is 2. The summed E-state index contributed by atoms with van der Waals surface area (Å²) in [6.07, 6.45) is -0.401. The Balaban J connectivity index is 2.04. The molecule has 1 fully saturated rings. The van der Waals surface area contributed by atoms with Crippen LogP contribution in [0.5, 0.6) is 0 Å². The smallest absolute Gasteiger partial charge is 0.306 e. The average Bonchev–Trinajstić information content (AvgIpc) is 2.46. The van der Waals surface area contributed by atoms with E-state index in [0.29, 0.717) is 25.5 Å². The first-order valence-electron chi connectivity index (χ1n) is 6.61. The molecule has 1 aliphatic rings. The molecule has 1 saturated heterocycles. The van der Waals surface area contributed by atoms with Gasteiger partial charge in [-0.05, 0) is 12.1 Å². The van der Waals surface area contributed by atoms with Crippen molar-refractivity contribution in [3.63, 3.8) is 0 Å². The highest BCUT2D eigenvalue weighted by Crippen LogP contribution is 2.16. The summed E-state index contributed by atoms with van der Waals surface area (Å²) < 4.78 is 5.40. The van der Waals surface area contributed by atoms with Gasteiger partial charge >= 0.3 is 5.97 Å². The summed E-state index contributed by atoms with van der Waals surface area (Å²) in [7, 11) is 3.30. The van der Waals surface area contributed by atoms with Gasteiger partial charge in [0, 0.05) is 27.2 Å². The molecule has 1 N–H and O–H groups in total. The maximum atomic E-state index is 11.7. The number of carbonyl (C=O) groups excluding carboxylic acids is 1. The minimum absolute atomic E-state index is 0.0405. The standard InChI is InChI=1S/C13H18N4O4/c1-16(2)13(20)10-3-4-11(15-14-10)17-5-6-21-9(8-17)7-12(18)19/h3-4,9H,5-8H2,1-2H3,(H,18,19). The zero-order chi connectivity index (χ0) is 15.4. The van der Waals surface area contributed by atoms with E-state index < -0.39 is 5.97 Å². The molecular weight excluding hydrogens is 276 g/mol. The van der Waals surface area contributed by atoms with Crippen LogP contribution in [-0.4, -0.2) is 72.0 Å². The third kappa shape index (κ3) is 3.88. The second kappa shape index (κ2) is 6.49. The lowest BCUT2D eigenvalue weighted by molar-refractivity contribution is -0.140. The van der Waals surface area contributed by atoms with E-state index in [0.717, 1.165) is 0 Å². The zero-order valence-corrected chi connectivity index (χ0v) is 12.0. The van der Waals surface area contributed by atoms with Crippen LogP contribution in [0.25, 0.3) is 0 Å². The van der Waals surface area contributed by atoms with Crippen LogP contribution in [0.2, 0.25) is 0 Å². The van der Waals surface area contributed by atoms with Gasteiger partial charge in [-0.25, -0.2) is 0 Å². The van der Waals surface area contributed by atoms with Crippen molar-refractivity contribution in [1.82, 2.24) is 15.1 Å². The topological polar surface area (TPSA) is 95.9 Å². The van der Waals surface area contributed by atoms with Crippen molar-refractivity contribution in [3.05, 3.63) is 17.8 Å². The van der Waals surface area contributed by atoms with Gasteiger partial charge in [-0.3, -0.25) is 9.59 Å². The van der Waals surface area contributed by atoms with Crippen LogP contribution in [0.15, 0.2) is 12.1 Å². The van der Waals surface area contributed by atoms with E-state index >= 15 is 0 Å². The second-order valence-electron chi connectivity index (χ2n) is 5.01. The predicted octanol–water partition coefficient (Wildman–Crippen LogP) is -0.142. The average molecular weight is 294 g/mol. The molecule has 0 bridgehead atoms. The Bertz CT molecular complexity index is 517. The van der Waals surface area contributed by atoms with E-state index in [4.69, 9.17) is 9.84 Å². The molecule has 0 spiro atoms. The van der Waals surface area contributed by atoms with Gasteiger partial charge in [0.1, 0.15) is 0 Å². The SMILES string of the molecule is CN(C)C(=O)c1ccc(N2CCOC(CC(=O)O)C2)nn1. The number of rotatable bonds is 4. The highest BCUT2D eigenvalue weighted by Gasteiger charge is 2.24. The molecule has 1 aliphatic heterocycles. The molecular formula is C13H18N4O4. The molecule has 1 aromatic heterocycles. The molecule has 1 unspecified atom stereocenters. The third-order valence-corrected chi connectivity index (χ3v) is 3.14. The fourth-order valence-electron chi connectivity index (χ4n) is 2.08. The van der Waals surface area contributed by atoms with Crippen LogP contribution in [0.3, 0.4) is 0 Å². The number of carbonyl (C=O) groups is 2. The zero-order valence-electron chi connectivity index (χ0n) is 12.0. The van der Waals surface area contributed by atoms with Crippen LogP contribution in [0, 0.1) is 0 Å². The van der Waals surface area contributed by atoms with Gasteiger partial charge in [-0.1, -0.05) is 0 Å². The van der Waals surface area contributed by atoms with E-state index in [-0.39, 0.29) is 24.1 Å². The highest BCUT2D eigenvalue weighted by molar-refractivity contribution is 5.91. The monoisotopic (exact) mass is 294 g/mol. The summed E-state index contributed by atoms with van der Waals surface area (Å²) in [6, 6.07) is 3.33. The Kier molecular flexibility index (Phi) is 4.69. The number of anilines is 1. The number of hydrogen-bond acceptors (Lipinski definition) is 6. The van der Waals surface area contributed by atoms with E-state index in [9.17, 15) is 9.59 Å². The molecule has 0 radical (unpaired) electrons. The molecule has 8 heteroatoms. The quantitative estimate of drug-likeness (QED) is 0.825. The molecule has 1 amide bonds. The van der Waals surface area contributed by atoms with Crippen molar-refractivity contribution in [2.24, 2.45) is 0 Å². The molecule has 2 heterocycles. The summed E-state index contributed by atoms with van der Waals surface area (Å²) in [5.41, 5.74) is 0.277. The lowest BCUT2D eigenvalue weighted by Crippen LogP contribution is -2.43. The molecule has 0 saturated carbocycles. The molecule has 0 aromatic carbocycles. The first-order chi connectivity index (χ1) is 9.97. The number of ether oxygens (including phenoxy) is 1. The van der Waals surface area contributed by atoms with E-state index in [2.05, 4.69) is 10.2 Å². The summed E-state index contributed by atoms with van der Waals surface area (Å²) in [6.45, 7) is 1.51. The molecule has 1 aromatic rings. The van der Waals surface area contributed by atoms with Crippen molar-refractivity contribution in [2.45, 2.75) is 12.5 Å². The Labute approximate surface area is 122 Å². The number of carboxylic acid groups (broad SMARTS) is 1. The highest BCUT2D eigenvalue weighted by atomic mass is 16.5. The van der Waals surface area contributed by atoms with Gasteiger partial charge < -0.3 is 19.6 Å². The van der Waals surface area contributed by atoms with Crippen molar-refractivity contribution in [3.8, 4) is 0 Å². The Morgan fingerprint density at radius 2 is 2.19 bits per heavy atom. The first kappa shape index (κ1) is 15.2. The first-order valence-corrected chi connectivity index (χ1v) is 6.61. The number of hydrogen-bond donors (Lipinski definition) is 1. The molecule has 8 nitrogen and oxygen atoms in total. The van der Waals surface area contributed by atoms with Crippen LogP contribution >= 0.6 is 0 Å². The fourth-order valence-corrected chi connectivity index (χ4v) is 2.08. The predicted molar refractivity (Wildman–Crippen MR) is 74.3 cm³/mol. The number of aliphatic carboxylic acids is 1. The molecule has 114 valence electrons. The minimum atomic E-state index is -0.889. The van der Waals surface area contributed by atoms with E-state index in [1.165, 1.54) is 4.90 Å². The summed E-state index contributed by atoms with van der Waals surface area (Å²) >= 11 is 0. The Morgan fingerprint density at radius 3 is 2.76 bits per heavy atom. The maximum absolute atomic E-state index is 11.7. The van der Waals surface area contributed by atoms with Gasteiger partial charge in [0.05, 0.1) is 19.1 Å². The number of morpholine rings is 1. The van der Waals surface area contributed by atoms with E-state index in [1.807, 2.05) is 4.90 Å². The molecule has 0 aliphatic carbocycles. The Morgan fingerprint density at radius 1 is 1.43 bits per heavy atom. The number of nitrogens with zero attached hydrogens (tertiary/aromatic N) is 4. The van der Waals surface area contributed by atoms with Crippen molar-refractivity contribution in [2.75, 3.05) is 38.7 Å². The van der Waals surface area contributed by atoms with Crippen LogP contribution in [0.4, 0.5) is 5.82 Å². The molecule has 1 atom stereocenters. The number of amides is 1. The van der Waals surface area contributed by atoms with Gasteiger partial charge in [-0.2, -0.15) is 0 Å². The van der Waals surface area contributed by atoms with Gasteiger partial charge in [0.25, 0.3) is 5.91 Å². The van der Waals surface area contributed by atoms with Gasteiger partial charge in [0.15, 0.2) is 11.5 Å². The number of carboxylic acids is 1.